The number of hydrogen-bond donors (Lipinski definition) is 2. The Bertz CT molecular complexity index is 769. The second kappa shape index (κ2) is 7.42. The zero-order valence-corrected chi connectivity index (χ0v) is 14.5. The molecule has 0 aliphatic carbocycles. The molecule has 2 aromatic rings. The normalized spacial score (nSPS) is 15.8. The third-order valence-electron chi connectivity index (χ3n) is 4.54. The van der Waals surface area contributed by atoms with Crippen LogP contribution in [0.15, 0.2) is 41.0 Å². The first kappa shape index (κ1) is 17.1. The van der Waals surface area contributed by atoms with Crippen LogP contribution in [0.1, 0.15) is 28.6 Å². The van der Waals surface area contributed by atoms with E-state index in [1.807, 2.05) is 6.07 Å². The van der Waals surface area contributed by atoms with Crippen LogP contribution in [-0.4, -0.2) is 37.5 Å². The van der Waals surface area contributed by atoms with E-state index in [2.05, 4.69) is 40.7 Å². The van der Waals surface area contributed by atoms with Crippen molar-refractivity contribution in [3.05, 3.63) is 53.5 Å². The number of fused-ring (bicyclic) bond motifs is 1. The van der Waals surface area contributed by atoms with E-state index in [1.54, 1.807) is 13.0 Å². The molecule has 0 fully saturated rings. The minimum atomic E-state index is -0.302. The third kappa shape index (κ3) is 3.84. The molecular weight excluding hydrogens is 318 g/mol. The largest absolute Gasteiger partial charge is 0.469 e. The van der Waals surface area contributed by atoms with Crippen molar-refractivity contribution in [2.45, 2.75) is 26.3 Å². The Morgan fingerprint density at radius 2 is 2.04 bits per heavy atom. The SMILES string of the molecule is Cc1occc1C(=O)NCC(=O)NCCN1c2ccccc2CC1C. The average molecular weight is 341 g/mol. The van der Waals surface area contributed by atoms with Crippen LogP contribution in [0.3, 0.4) is 0 Å². The first-order valence-corrected chi connectivity index (χ1v) is 8.50. The van der Waals surface area contributed by atoms with Gasteiger partial charge in [-0.1, -0.05) is 18.2 Å². The lowest BCUT2D eigenvalue weighted by atomic mass is 10.1. The maximum absolute atomic E-state index is 11.9. The number of nitrogens with zero attached hydrogens (tertiary/aromatic N) is 1. The predicted molar refractivity (Wildman–Crippen MR) is 95.7 cm³/mol. The summed E-state index contributed by atoms with van der Waals surface area (Å²) in [4.78, 5) is 26.2. The summed E-state index contributed by atoms with van der Waals surface area (Å²) in [6, 6.07) is 10.4. The molecule has 1 aliphatic heterocycles. The van der Waals surface area contributed by atoms with Gasteiger partial charge in [0, 0.05) is 24.8 Å². The van der Waals surface area contributed by atoms with E-state index in [4.69, 9.17) is 4.42 Å². The van der Waals surface area contributed by atoms with Crippen molar-refractivity contribution in [2.75, 3.05) is 24.5 Å². The molecule has 0 saturated heterocycles. The number of carbonyl (C=O) groups is 2. The van der Waals surface area contributed by atoms with Crippen molar-refractivity contribution in [1.82, 2.24) is 10.6 Å². The number of amides is 2. The number of aryl methyl sites for hydroxylation is 1. The van der Waals surface area contributed by atoms with Crippen LogP contribution in [0.4, 0.5) is 5.69 Å². The van der Waals surface area contributed by atoms with Gasteiger partial charge in [-0.3, -0.25) is 9.59 Å². The fourth-order valence-corrected chi connectivity index (χ4v) is 3.22. The topological polar surface area (TPSA) is 74.6 Å². The molecule has 0 bridgehead atoms. The summed E-state index contributed by atoms with van der Waals surface area (Å²) in [6.07, 6.45) is 2.49. The molecule has 2 N–H and O–H groups in total. The van der Waals surface area contributed by atoms with Crippen LogP contribution in [0.2, 0.25) is 0 Å². The summed E-state index contributed by atoms with van der Waals surface area (Å²) in [7, 11) is 0. The van der Waals surface area contributed by atoms with E-state index in [9.17, 15) is 9.59 Å². The maximum Gasteiger partial charge on any atom is 0.255 e. The van der Waals surface area contributed by atoms with Crippen LogP contribution in [0.5, 0.6) is 0 Å². The molecule has 1 aliphatic rings. The number of hydrogen-bond acceptors (Lipinski definition) is 4. The molecule has 6 heteroatoms. The van der Waals surface area contributed by atoms with Crippen molar-refractivity contribution < 1.29 is 14.0 Å². The minimum Gasteiger partial charge on any atom is -0.469 e. The van der Waals surface area contributed by atoms with Gasteiger partial charge in [0.25, 0.3) is 5.91 Å². The van der Waals surface area contributed by atoms with Gasteiger partial charge >= 0.3 is 0 Å². The summed E-state index contributed by atoms with van der Waals surface area (Å²) < 4.78 is 5.09. The summed E-state index contributed by atoms with van der Waals surface area (Å²) in [5, 5.41) is 5.46. The summed E-state index contributed by atoms with van der Waals surface area (Å²) in [5.41, 5.74) is 3.05. The second-order valence-corrected chi connectivity index (χ2v) is 6.30. The molecule has 3 rings (SSSR count). The second-order valence-electron chi connectivity index (χ2n) is 6.30. The van der Waals surface area contributed by atoms with E-state index < -0.39 is 0 Å². The van der Waals surface area contributed by atoms with Gasteiger partial charge in [0.2, 0.25) is 5.91 Å². The molecule has 0 radical (unpaired) electrons. The van der Waals surface area contributed by atoms with Crippen molar-refractivity contribution in [3.63, 3.8) is 0 Å². The summed E-state index contributed by atoms with van der Waals surface area (Å²) >= 11 is 0. The molecule has 1 aromatic carbocycles. The summed E-state index contributed by atoms with van der Waals surface area (Å²) in [6.45, 7) is 5.14. The van der Waals surface area contributed by atoms with Crippen LogP contribution < -0.4 is 15.5 Å². The first-order valence-electron chi connectivity index (χ1n) is 8.50. The van der Waals surface area contributed by atoms with E-state index in [0.717, 1.165) is 13.0 Å². The molecule has 1 aromatic heterocycles. The van der Waals surface area contributed by atoms with E-state index in [0.29, 0.717) is 23.9 Å². The fraction of sp³-hybridized carbons (Fsp3) is 0.368. The van der Waals surface area contributed by atoms with Crippen LogP contribution in [0, 0.1) is 6.92 Å². The van der Waals surface area contributed by atoms with Gasteiger partial charge in [0.05, 0.1) is 18.4 Å². The molecule has 1 unspecified atom stereocenters. The van der Waals surface area contributed by atoms with Gasteiger partial charge in [-0.15, -0.1) is 0 Å². The Morgan fingerprint density at radius 3 is 2.80 bits per heavy atom. The summed E-state index contributed by atoms with van der Waals surface area (Å²) in [5.74, 6) is 0.0396. The Hall–Kier alpha value is -2.76. The molecule has 2 amide bonds. The van der Waals surface area contributed by atoms with Crippen molar-refractivity contribution >= 4 is 17.5 Å². The molecule has 0 saturated carbocycles. The number of benzene rings is 1. The van der Waals surface area contributed by atoms with E-state index >= 15 is 0 Å². The van der Waals surface area contributed by atoms with Crippen molar-refractivity contribution in [2.24, 2.45) is 0 Å². The smallest absolute Gasteiger partial charge is 0.255 e. The maximum atomic E-state index is 11.9. The van der Waals surface area contributed by atoms with Gasteiger partial charge in [0.1, 0.15) is 5.76 Å². The molecule has 6 nitrogen and oxygen atoms in total. The van der Waals surface area contributed by atoms with Gasteiger partial charge < -0.3 is 20.0 Å². The number of anilines is 1. The fourth-order valence-electron chi connectivity index (χ4n) is 3.22. The number of rotatable bonds is 6. The highest BCUT2D eigenvalue weighted by Gasteiger charge is 2.24. The van der Waals surface area contributed by atoms with Crippen LogP contribution >= 0.6 is 0 Å². The van der Waals surface area contributed by atoms with Crippen molar-refractivity contribution in [3.8, 4) is 0 Å². The monoisotopic (exact) mass is 341 g/mol. The van der Waals surface area contributed by atoms with Gasteiger partial charge in [-0.25, -0.2) is 0 Å². The van der Waals surface area contributed by atoms with Crippen LogP contribution in [0.25, 0.3) is 0 Å². The molecule has 132 valence electrons. The Morgan fingerprint density at radius 1 is 1.24 bits per heavy atom. The van der Waals surface area contributed by atoms with E-state index in [1.165, 1.54) is 17.5 Å². The number of furan rings is 1. The van der Waals surface area contributed by atoms with Crippen molar-refractivity contribution in [1.29, 1.82) is 0 Å². The Balaban J connectivity index is 1.43. The zero-order valence-electron chi connectivity index (χ0n) is 14.5. The molecule has 0 spiro atoms. The quantitative estimate of drug-likeness (QED) is 0.841. The standard InChI is InChI=1S/C19H23N3O3/c1-13-11-15-5-3-4-6-17(15)22(13)9-8-20-18(23)12-21-19(24)16-7-10-25-14(16)2/h3-7,10,13H,8-9,11-12H2,1-2H3,(H,20,23)(H,21,24). The Kier molecular flexibility index (Phi) is 5.07. The number of carbonyl (C=O) groups excluding carboxylic acids is 2. The lowest BCUT2D eigenvalue weighted by molar-refractivity contribution is -0.120. The Labute approximate surface area is 147 Å². The van der Waals surface area contributed by atoms with Crippen LogP contribution in [-0.2, 0) is 11.2 Å². The van der Waals surface area contributed by atoms with E-state index in [-0.39, 0.29) is 18.4 Å². The van der Waals surface area contributed by atoms with Gasteiger partial charge in [-0.05, 0) is 38.0 Å². The van der Waals surface area contributed by atoms with Gasteiger partial charge in [-0.2, -0.15) is 0 Å². The minimum absolute atomic E-state index is 0.0460. The number of nitrogens with one attached hydrogen (secondary N) is 2. The lowest BCUT2D eigenvalue weighted by Gasteiger charge is -2.25. The molecule has 25 heavy (non-hydrogen) atoms. The van der Waals surface area contributed by atoms with Gasteiger partial charge in [0.15, 0.2) is 0 Å². The average Bonchev–Trinajstić information content (AvgIpc) is 3.16. The lowest BCUT2D eigenvalue weighted by Crippen LogP contribution is -2.41. The molecular formula is C19H23N3O3. The highest BCUT2D eigenvalue weighted by molar-refractivity contribution is 5.97. The highest BCUT2D eigenvalue weighted by atomic mass is 16.3. The third-order valence-corrected chi connectivity index (χ3v) is 4.54. The molecule has 1 atom stereocenters. The zero-order chi connectivity index (χ0) is 17.8. The highest BCUT2D eigenvalue weighted by Crippen LogP contribution is 2.31. The number of para-hydroxylation sites is 1. The first-order chi connectivity index (χ1) is 12.1. The molecule has 2 heterocycles. The predicted octanol–water partition coefficient (Wildman–Crippen LogP) is 1.89.